The highest BCUT2D eigenvalue weighted by Gasteiger charge is 2.35. The summed E-state index contributed by atoms with van der Waals surface area (Å²) >= 11 is 1.45. The lowest BCUT2D eigenvalue weighted by Gasteiger charge is -2.19. The second kappa shape index (κ2) is 3.98. The molecule has 0 radical (unpaired) electrons. The van der Waals surface area contributed by atoms with Crippen LogP contribution in [0.1, 0.15) is 10.5 Å². The first-order chi connectivity index (χ1) is 7.20. The summed E-state index contributed by atoms with van der Waals surface area (Å²) in [6.07, 6.45) is 1.65. The van der Waals surface area contributed by atoms with E-state index in [1.807, 2.05) is 0 Å². The minimum atomic E-state index is -0.945. The largest absolute Gasteiger partial charge is 0.480 e. The summed E-state index contributed by atoms with van der Waals surface area (Å²) < 4.78 is 0. The molecule has 5 nitrogen and oxygen atoms in total. The second-order valence-corrected chi connectivity index (χ2v) is 4.21. The first kappa shape index (κ1) is 10.1. The van der Waals surface area contributed by atoms with E-state index in [0.29, 0.717) is 17.3 Å². The van der Waals surface area contributed by atoms with Crippen molar-refractivity contribution in [3.05, 3.63) is 24.0 Å². The molecule has 0 aromatic carbocycles. The molecule has 1 aromatic rings. The molecular weight excluding hydrogens is 216 g/mol. The van der Waals surface area contributed by atoms with Gasteiger partial charge in [-0.15, -0.1) is 11.8 Å². The third kappa shape index (κ3) is 1.85. The Labute approximate surface area is 90.5 Å². The van der Waals surface area contributed by atoms with Gasteiger partial charge in [0.25, 0.3) is 5.91 Å². The normalized spacial score (nSPS) is 20.5. The Morgan fingerprint density at radius 2 is 2.40 bits per heavy atom. The van der Waals surface area contributed by atoms with Gasteiger partial charge in [0.05, 0.1) is 5.88 Å². The molecule has 0 spiro atoms. The molecule has 1 saturated heterocycles. The fraction of sp³-hybridized carbons (Fsp3) is 0.333. The van der Waals surface area contributed by atoms with E-state index in [1.165, 1.54) is 16.7 Å². The number of carboxylic acid groups (broad SMARTS) is 1. The molecule has 15 heavy (non-hydrogen) atoms. The lowest BCUT2D eigenvalue weighted by atomic mass is 10.2. The van der Waals surface area contributed by atoms with Crippen LogP contribution in [0, 0.1) is 0 Å². The predicted octanol–water partition coefficient (Wildman–Crippen LogP) is 0.614. The number of nitrogens with one attached hydrogen (secondary N) is 1. The first-order valence-electron chi connectivity index (χ1n) is 4.45. The van der Waals surface area contributed by atoms with E-state index in [9.17, 15) is 9.59 Å². The number of aromatic nitrogens is 1. The highest BCUT2D eigenvalue weighted by atomic mass is 32.2. The van der Waals surface area contributed by atoms with Crippen LogP contribution in [0.5, 0.6) is 0 Å². The second-order valence-electron chi connectivity index (χ2n) is 3.21. The molecule has 80 valence electrons. The van der Waals surface area contributed by atoms with Crippen LogP contribution in [0.25, 0.3) is 0 Å². The number of nitrogens with zero attached hydrogens (tertiary/aromatic N) is 1. The topological polar surface area (TPSA) is 73.4 Å². The van der Waals surface area contributed by atoms with Crippen LogP contribution in [0.3, 0.4) is 0 Å². The lowest BCUT2D eigenvalue weighted by Crippen LogP contribution is -2.41. The van der Waals surface area contributed by atoms with Gasteiger partial charge in [0, 0.05) is 11.9 Å². The minimum Gasteiger partial charge on any atom is -0.480 e. The number of carbonyl (C=O) groups is 2. The summed E-state index contributed by atoms with van der Waals surface area (Å²) in [6.45, 7) is 0. The number of hydrogen-bond acceptors (Lipinski definition) is 3. The van der Waals surface area contributed by atoms with Crippen molar-refractivity contribution in [1.82, 2.24) is 9.88 Å². The zero-order chi connectivity index (χ0) is 10.8. The smallest absolute Gasteiger partial charge is 0.327 e. The van der Waals surface area contributed by atoms with Gasteiger partial charge in [0.2, 0.25) is 0 Å². The molecule has 1 atom stereocenters. The Balaban J connectivity index is 2.17. The van der Waals surface area contributed by atoms with E-state index >= 15 is 0 Å². The Morgan fingerprint density at radius 3 is 3.00 bits per heavy atom. The Kier molecular flexibility index (Phi) is 2.68. The SMILES string of the molecule is O=C(O)C1CSCN1C(=O)c1ccc[nH]1. The number of carboxylic acids is 1. The fourth-order valence-electron chi connectivity index (χ4n) is 1.47. The molecule has 1 unspecified atom stereocenters. The number of amides is 1. The van der Waals surface area contributed by atoms with Gasteiger partial charge in [-0.05, 0) is 12.1 Å². The van der Waals surface area contributed by atoms with Crippen molar-refractivity contribution in [3.8, 4) is 0 Å². The molecule has 0 aliphatic carbocycles. The maximum atomic E-state index is 11.8. The summed E-state index contributed by atoms with van der Waals surface area (Å²) in [5.74, 6) is -0.298. The number of carbonyl (C=O) groups excluding carboxylic acids is 1. The van der Waals surface area contributed by atoms with Crippen LogP contribution in [0.2, 0.25) is 0 Å². The number of aromatic amines is 1. The molecule has 2 heterocycles. The summed E-state index contributed by atoms with van der Waals surface area (Å²) in [5.41, 5.74) is 0.434. The van der Waals surface area contributed by atoms with Crippen LogP contribution < -0.4 is 0 Å². The third-order valence-electron chi connectivity index (χ3n) is 2.26. The number of rotatable bonds is 2. The monoisotopic (exact) mass is 226 g/mol. The standard InChI is InChI=1S/C9H10N2O3S/c12-8(6-2-1-3-10-6)11-5-15-4-7(11)9(13)14/h1-3,7,10H,4-5H2,(H,13,14). The molecule has 2 N–H and O–H groups in total. The molecule has 2 rings (SSSR count). The maximum Gasteiger partial charge on any atom is 0.327 e. The molecule has 1 amide bonds. The van der Waals surface area contributed by atoms with E-state index in [-0.39, 0.29) is 5.91 Å². The van der Waals surface area contributed by atoms with Gasteiger partial charge in [-0.1, -0.05) is 0 Å². The summed E-state index contributed by atoms with van der Waals surface area (Å²) in [5, 5.41) is 8.91. The molecule has 1 aliphatic heterocycles. The Morgan fingerprint density at radius 1 is 1.60 bits per heavy atom. The number of thioether (sulfide) groups is 1. The van der Waals surface area contributed by atoms with Crippen molar-refractivity contribution in [1.29, 1.82) is 0 Å². The van der Waals surface area contributed by atoms with Gasteiger partial charge in [-0.3, -0.25) is 4.79 Å². The predicted molar refractivity (Wildman–Crippen MR) is 55.7 cm³/mol. The molecular formula is C9H10N2O3S. The van der Waals surface area contributed by atoms with E-state index < -0.39 is 12.0 Å². The average Bonchev–Trinajstić information content (AvgIpc) is 2.88. The maximum absolute atomic E-state index is 11.8. The highest BCUT2D eigenvalue weighted by Crippen LogP contribution is 2.22. The zero-order valence-electron chi connectivity index (χ0n) is 7.84. The van der Waals surface area contributed by atoms with Gasteiger partial charge >= 0.3 is 5.97 Å². The van der Waals surface area contributed by atoms with Crippen molar-refractivity contribution in [2.24, 2.45) is 0 Å². The van der Waals surface area contributed by atoms with Crippen LogP contribution in [0.15, 0.2) is 18.3 Å². The minimum absolute atomic E-state index is 0.252. The van der Waals surface area contributed by atoms with Crippen LogP contribution in [-0.4, -0.2) is 44.5 Å². The Hall–Kier alpha value is -1.43. The molecule has 1 aromatic heterocycles. The quantitative estimate of drug-likeness (QED) is 0.775. The summed E-state index contributed by atoms with van der Waals surface area (Å²) in [4.78, 5) is 26.9. The van der Waals surface area contributed by atoms with Gasteiger partial charge in [-0.25, -0.2) is 4.79 Å². The molecule has 6 heteroatoms. The van der Waals surface area contributed by atoms with Crippen molar-refractivity contribution in [2.75, 3.05) is 11.6 Å². The average molecular weight is 226 g/mol. The van der Waals surface area contributed by atoms with Crippen molar-refractivity contribution < 1.29 is 14.7 Å². The number of H-pyrrole nitrogens is 1. The van der Waals surface area contributed by atoms with Crippen LogP contribution >= 0.6 is 11.8 Å². The lowest BCUT2D eigenvalue weighted by molar-refractivity contribution is -0.140. The highest BCUT2D eigenvalue weighted by molar-refractivity contribution is 7.99. The van der Waals surface area contributed by atoms with Gasteiger partial charge < -0.3 is 15.0 Å². The summed E-state index contributed by atoms with van der Waals surface area (Å²) in [6, 6.07) is 2.65. The van der Waals surface area contributed by atoms with E-state index in [2.05, 4.69) is 4.98 Å². The van der Waals surface area contributed by atoms with Crippen molar-refractivity contribution in [2.45, 2.75) is 6.04 Å². The van der Waals surface area contributed by atoms with Crippen molar-refractivity contribution >= 4 is 23.6 Å². The van der Waals surface area contributed by atoms with Gasteiger partial charge in [0.1, 0.15) is 11.7 Å². The Bertz CT molecular complexity index is 377. The number of hydrogen-bond donors (Lipinski definition) is 2. The number of aliphatic carboxylic acids is 1. The van der Waals surface area contributed by atoms with E-state index in [4.69, 9.17) is 5.11 Å². The van der Waals surface area contributed by atoms with Gasteiger partial charge in [-0.2, -0.15) is 0 Å². The molecule has 0 bridgehead atoms. The first-order valence-corrected chi connectivity index (χ1v) is 5.60. The molecule has 1 fully saturated rings. The molecule has 1 aliphatic rings. The van der Waals surface area contributed by atoms with Crippen molar-refractivity contribution in [3.63, 3.8) is 0 Å². The zero-order valence-corrected chi connectivity index (χ0v) is 8.66. The summed E-state index contributed by atoms with van der Waals surface area (Å²) in [7, 11) is 0. The van der Waals surface area contributed by atoms with E-state index in [0.717, 1.165) is 0 Å². The third-order valence-corrected chi connectivity index (χ3v) is 3.27. The fourth-order valence-corrected chi connectivity index (χ4v) is 2.61. The molecule has 0 saturated carbocycles. The van der Waals surface area contributed by atoms with Crippen LogP contribution in [-0.2, 0) is 4.79 Å². The van der Waals surface area contributed by atoms with E-state index in [1.54, 1.807) is 18.3 Å². The van der Waals surface area contributed by atoms with Crippen LogP contribution in [0.4, 0.5) is 0 Å². The van der Waals surface area contributed by atoms with Gasteiger partial charge in [0.15, 0.2) is 0 Å².